The Morgan fingerprint density at radius 3 is 0.644 bits per heavy atom. The van der Waals surface area contributed by atoms with Gasteiger partial charge in [0.15, 0.2) is 0 Å². The number of nitrogens with one attached hydrogen (secondary N) is 8. The highest BCUT2D eigenvalue weighted by molar-refractivity contribution is 5.89. The number of fused-ring (bicyclic) bond motifs is 8. The first-order valence-electron chi connectivity index (χ1n) is 49.7. The first kappa shape index (κ1) is 104. The molecule has 132 heavy (non-hydrogen) atoms. The number of carbonyl (C=O) groups is 5. The number of ketones is 5. The van der Waals surface area contributed by atoms with E-state index in [4.69, 9.17) is 5.11 Å². The second-order valence-corrected chi connectivity index (χ2v) is 34.6. The molecule has 0 aliphatic heterocycles. The molecule has 8 aromatic carbocycles. The number of hydrogen-bond acceptors (Lipinski definition) is 6. The number of carbonyl (C=O) groups excluding carboxylic acids is 5. The van der Waals surface area contributed by atoms with Gasteiger partial charge >= 0.3 is 0 Å². The third-order valence-electron chi connectivity index (χ3n) is 24.6. The number of para-hydroxylation sites is 8. The molecular formula is C118H150N8O6. The van der Waals surface area contributed by atoms with E-state index in [1.165, 1.54) is 223 Å². The Morgan fingerprint density at radius 1 is 0.227 bits per heavy atom. The quantitative estimate of drug-likeness (QED) is 0.0133. The van der Waals surface area contributed by atoms with Crippen LogP contribution in [0.15, 0.2) is 268 Å². The van der Waals surface area contributed by atoms with Gasteiger partial charge in [-0.3, -0.25) is 24.0 Å². The van der Waals surface area contributed by atoms with E-state index in [1.807, 2.05) is 69.4 Å². The molecule has 0 amide bonds. The van der Waals surface area contributed by atoms with Gasteiger partial charge in [0.1, 0.15) is 28.9 Å². The van der Waals surface area contributed by atoms with Gasteiger partial charge in [0, 0.05) is 208 Å². The van der Waals surface area contributed by atoms with Gasteiger partial charge in [-0.2, -0.15) is 0 Å². The van der Waals surface area contributed by atoms with Crippen LogP contribution in [0.5, 0.6) is 0 Å². The number of aliphatic hydroxyl groups excluding tert-OH is 1. The molecule has 0 fully saturated rings. The zero-order valence-electron chi connectivity index (χ0n) is 80.3. The highest BCUT2D eigenvalue weighted by Crippen LogP contribution is 2.28. The smallest absolute Gasteiger partial charge is 0.136 e. The number of hydrogen-bond donors (Lipinski definition) is 9. The van der Waals surface area contributed by atoms with E-state index in [0.29, 0.717) is 80.9 Å². The molecule has 9 N–H and O–H groups in total. The van der Waals surface area contributed by atoms with Crippen LogP contribution in [-0.2, 0) is 75.3 Å². The number of aryl methyl sites for hydroxylation is 8. The van der Waals surface area contributed by atoms with Crippen molar-refractivity contribution in [1.82, 2.24) is 39.9 Å². The van der Waals surface area contributed by atoms with Crippen molar-refractivity contribution >= 4 is 116 Å². The fourth-order valence-corrected chi connectivity index (χ4v) is 16.8. The van der Waals surface area contributed by atoms with Gasteiger partial charge in [0.2, 0.25) is 0 Å². The topological polar surface area (TPSA) is 232 Å². The maximum Gasteiger partial charge on any atom is 0.136 e. The molecule has 0 bridgehead atoms. The molecular weight excluding hydrogens is 1630 g/mol. The summed E-state index contributed by atoms with van der Waals surface area (Å²) in [6.45, 7) is 14.6. The van der Waals surface area contributed by atoms with Crippen LogP contribution in [-0.4, -0.2) is 80.5 Å². The van der Waals surface area contributed by atoms with E-state index in [-0.39, 0.29) is 18.8 Å². The number of aromatic amines is 8. The molecule has 14 nitrogen and oxygen atoms in total. The van der Waals surface area contributed by atoms with Crippen LogP contribution in [0.2, 0.25) is 0 Å². The molecule has 0 aliphatic rings. The SMILES string of the molecule is CC/C=C\C/C=C\CC(=O)CCCc1c[nH]c2ccccc12.CCC(=O)CCCc1c[nH]c2ccccc12.CCC(=O)CCCc1c[nH]c2ccccc12.CCC(=O)CCCc1c[nH]c2ccccc12.CCCCCCc1c[nH]c2ccccc12.CCCCCCc1c[nH]c2ccccc12.CCCCCCc1c[nH]c2ccccc12.O=C(CCO)CCCc1c[nH]c2ccccc12. The number of allylic oxidation sites excluding steroid dienone is 4. The number of rotatable bonds is 45. The molecule has 0 aliphatic carbocycles. The summed E-state index contributed by atoms with van der Waals surface area (Å²) in [6, 6.07) is 67.0. The van der Waals surface area contributed by atoms with Crippen molar-refractivity contribution < 1.29 is 29.1 Å². The highest BCUT2D eigenvalue weighted by atomic mass is 16.3. The van der Waals surface area contributed by atoms with Crippen molar-refractivity contribution in [3.8, 4) is 0 Å². The van der Waals surface area contributed by atoms with E-state index >= 15 is 0 Å². The number of aliphatic hydroxyl groups is 1. The minimum atomic E-state index is -0.0358. The number of benzene rings is 8. The molecule has 14 heteroatoms. The van der Waals surface area contributed by atoms with Crippen LogP contribution in [0.3, 0.4) is 0 Å². The van der Waals surface area contributed by atoms with Gasteiger partial charge in [-0.25, -0.2) is 0 Å². The average molecular weight is 1780 g/mol. The van der Waals surface area contributed by atoms with E-state index in [0.717, 1.165) is 82.6 Å². The lowest BCUT2D eigenvalue weighted by molar-refractivity contribution is -0.120. The monoisotopic (exact) mass is 1780 g/mol. The molecule has 0 saturated carbocycles. The fraction of sp³-hybridized carbons (Fsp3) is 0.381. The Kier molecular flexibility index (Phi) is 47.7. The molecule has 16 aromatic rings. The van der Waals surface area contributed by atoms with E-state index in [1.54, 1.807) is 0 Å². The summed E-state index contributed by atoms with van der Waals surface area (Å²) in [7, 11) is 0. The lowest BCUT2D eigenvalue weighted by Crippen LogP contribution is -2.01. The van der Waals surface area contributed by atoms with Crippen molar-refractivity contribution in [1.29, 1.82) is 0 Å². The average Bonchev–Trinajstić information content (AvgIpc) is 1.78. The molecule has 16 rings (SSSR count). The second-order valence-electron chi connectivity index (χ2n) is 34.6. The summed E-state index contributed by atoms with van der Waals surface area (Å²) < 4.78 is 0. The Hall–Kier alpha value is -12.1. The summed E-state index contributed by atoms with van der Waals surface area (Å²) in [4.78, 5) is 83.0. The summed E-state index contributed by atoms with van der Waals surface area (Å²) >= 11 is 0. The molecule has 8 heterocycles. The predicted molar refractivity (Wildman–Crippen MR) is 560 cm³/mol. The minimum absolute atomic E-state index is 0.0358. The van der Waals surface area contributed by atoms with Crippen LogP contribution < -0.4 is 0 Å². The lowest BCUT2D eigenvalue weighted by atomic mass is 10.0. The summed E-state index contributed by atoms with van der Waals surface area (Å²) in [5, 5.41) is 19.2. The Morgan fingerprint density at radius 2 is 0.432 bits per heavy atom. The molecule has 0 unspecified atom stereocenters. The standard InChI is InChI=1S/C20H25NO.C14H17NO2.3C14H17NO.3C14H19N/c1-2-3-4-5-6-7-12-18(22)13-10-11-17-16-21-20-15-9-8-14-19(17)20;16-9-8-12(17)5-3-4-11-10-15-14-7-2-1-6-13(11)14;3*1-2-12(16)7-5-6-11-10-15-14-9-4-3-8-13(11)14;3*1-2-3-4-5-8-12-11-15-14-10-7-6-9-13(12)14/h3-4,6-9,14-16,21H,2,5,10-13H2,1H3;1-2,6-7,10,15-16H,3-5,8-9H2;3*3-4,8-10,15H,2,5-7H2,1H3;3*6-7,9-11,15H,2-5,8H2,1H3/b4-3-,7-6-;;;;;;;. The van der Waals surface area contributed by atoms with Crippen molar-refractivity contribution in [2.75, 3.05) is 6.61 Å². The molecule has 0 atom stereocenters. The zero-order chi connectivity index (χ0) is 93.4. The maximum absolute atomic E-state index is 11.8. The molecule has 0 radical (unpaired) electrons. The van der Waals surface area contributed by atoms with Crippen LogP contribution in [0.4, 0.5) is 0 Å². The van der Waals surface area contributed by atoms with Gasteiger partial charge in [-0.15, -0.1) is 0 Å². The summed E-state index contributed by atoms with van der Waals surface area (Å²) in [5.74, 6) is 1.56. The van der Waals surface area contributed by atoms with Gasteiger partial charge in [-0.1, -0.05) is 276 Å². The van der Waals surface area contributed by atoms with E-state index < -0.39 is 0 Å². The van der Waals surface area contributed by atoms with Crippen LogP contribution >= 0.6 is 0 Å². The minimum Gasteiger partial charge on any atom is -0.396 e. The number of aromatic nitrogens is 8. The predicted octanol–water partition coefficient (Wildman–Crippen LogP) is 31.1. The Bertz CT molecular complexity index is 5620. The lowest BCUT2D eigenvalue weighted by Gasteiger charge is -1.99. The zero-order valence-corrected chi connectivity index (χ0v) is 80.3. The van der Waals surface area contributed by atoms with Gasteiger partial charge in [-0.05, 0) is 209 Å². The Balaban J connectivity index is 0.000000170. The van der Waals surface area contributed by atoms with Crippen LogP contribution in [0, 0.1) is 0 Å². The van der Waals surface area contributed by atoms with E-state index in [9.17, 15) is 24.0 Å². The van der Waals surface area contributed by atoms with Crippen LogP contribution in [0.25, 0.3) is 87.2 Å². The van der Waals surface area contributed by atoms with Crippen molar-refractivity contribution in [3.05, 3.63) is 313 Å². The first-order valence-corrected chi connectivity index (χ1v) is 49.7. The van der Waals surface area contributed by atoms with Gasteiger partial charge in [0.05, 0.1) is 0 Å². The number of Topliss-reactive ketones (excluding diaryl/α,β-unsaturated/α-hetero) is 5. The Labute approximate surface area is 785 Å². The highest BCUT2D eigenvalue weighted by Gasteiger charge is 2.13. The third kappa shape index (κ3) is 35.5. The van der Waals surface area contributed by atoms with Crippen molar-refractivity contribution in [2.24, 2.45) is 0 Å². The summed E-state index contributed by atoms with van der Waals surface area (Å²) in [6.07, 6.45) is 62.4. The normalized spacial score (nSPS) is 11.1. The van der Waals surface area contributed by atoms with Crippen LogP contribution in [0.1, 0.15) is 279 Å². The molecule has 8 aromatic heterocycles. The molecule has 0 spiro atoms. The van der Waals surface area contributed by atoms with E-state index in [2.05, 4.69) is 287 Å². The summed E-state index contributed by atoms with van der Waals surface area (Å²) in [5.41, 5.74) is 20.6. The molecule has 0 saturated heterocycles. The third-order valence-corrected chi connectivity index (χ3v) is 24.6. The van der Waals surface area contributed by atoms with Crippen molar-refractivity contribution in [2.45, 2.75) is 286 Å². The molecule has 698 valence electrons. The largest absolute Gasteiger partial charge is 0.396 e. The first-order chi connectivity index (χ1) is 64.8. The van der Waals surface area contributed by atoms with Crippen molar-refractivity contribution in [3.63, 3.8) is 0 Å². The second kappa shape index (κ2) is 60.8. The number of unbranched alkanes of at least 4 members (excludes halogenated alkanes) is 9. The van der Waals surface area contributed by atoms with Gasteiger partial charge in [0.25, 0.3) is 0 Å². The van der Waals surface area contributed by atoms with Gasteiger partial charge < -0.3 is 45.0 Å². The number of H-pyrrole nitrogens is 8. The maximum atomic E-state index is 11.8. The fourth-order valence-electron chi connectivity index (χ4n) is 16.8.